The quantitative estimate of drug-likeness (QED) is 0.361. The molecule has 3 nitrogen and oxygen atoms in total. The van der Waals surface area contributed by atoms with Gasteiger partial charge >= 0.3 is 17.5 Å². The second kappa shape index (κ2) is 8.80. The van der Waals surface area contributed by atoms with E-state index in [9.17, 15) is 4.79 Å². The molecule has 0 aliphatic heterocycles. The highest BCUT2D eigenvalue weighted by molar-refractivity contribution is 5.88. The average molecular weight is 480 g/mol. The van der Waals surface area contributed by atoms with Gasteiger partial charge in [0.05, 0.1) is 28.8 Å². The second-order valence-corrected chi connectivity index (χ2v) is 6.19. The van der Waals surface area contributed by atoms with Crippen LogP contribution >= 0.6 is 0 Å². The lowest BCUT2D eigenvalue weighted by Crippen LogP contribution is -3.00. The number of halogens is 1. The van der Waals surface area contributed by atoms with E-state index in [0.29, 0.717) is 0 Å². The van der Waals surface area contributed by atoms with Gasteiger partial charge in [0, 0.05) is 5.56 Å². The minimum atomic E-state index is -0.931. The summed E-state index contributed by atoms with van der Waals surface area (Å²) in [6.45, 7) is 0. The highest BCUT2D eigenvalue weighted by Crippen LogP contribution is 2.32. The number of aromatic carboxylic acids is 1. The molecule has 0 aliphatic carbocycles. The van der Waals surface area contributed by atoms with Gasteiger partial charge in [-0.05, 0) is 42.0 Å². The van der Waals surface area contributed by atoms with E-state index in [4.69, 9.17) is 9.52 Å². The third-order valence-corrected chi connectivity index (χ3v) is 4.37. The Balaban J connectivity index is 0.00000225. The maximum Gasteiger partial charge on any atom is 0.361 e. The Labute approximate surface area is 180 Å². The summed E-state index contributed by atoms with van der Waals surface area (Å²) in [6, 6.07) is 30.7. The third kappa shape index (κ3) is 4.28. The van der Waals surface area contributed by atoms with E-state index in [-0.39, 0.29) is 29.5 Å². The van der Waals surface area contributed by atoms with Gasteiger partial charge in [0.15, 0.2) is 0 Å². The lowest BCUT2D eigenvalue weighted by Gasteiger charge is -2.03. The van der Waals surface area contributed by atoms with Crippen LogP contribution in [0.5, 0.6) is 0 Å². The molecule has 138 valence electrons. The van der Waals surface area contributed by atoms with Gasteiger partial charge in [-0.1, -0.05) is 48.5 Å². The van der Waals surface area contributed by atoms with Crippen molar-refractivity contribution in [1.82, 2.24) is 0 Å². The highest BCUT2D eigenvalue weighted by Gasteiger charge is 2.20. The van der Waals surface area contributed by atoms with Crippen LogP contribution in [0.25, 0.3) is 33.8 Å². The molecule has 0 spiro atoms. The summed E-state index contributed by atoms with van der Waals surface area (Å²) in [5.74, 6) is 0.586. The van der Waals surface area contributed by atoms with Crippen molar-refractivity contribution in [3.05, 3.63) is 103 Å². The van der Waals surface area contributed by atoms with Gasteiger partial charge in [0.25, 0.3) is 0 Å². The fourth-order valence-corrected chi connectivity index (χ4v) is 2.96. The lowest BCUT2D eigenvalue weighted by atomic mass is 10.0. The van der Waals surface area contributed by atoms with E-state index in [1.807, 2.05) is 84.9 Å². The molecule has 0 amide bonds. The molecule has 0 saturated carbocycles. The van der Waals surface area contributed by atoms with Crippen LogP contribution in [-0.2, 0) is 0 Å². The molecule has 0 unspecified atom stereocenters. The average Bonchev–Trinajstić information content (AvgIpc) is 2.75. The van der Waals surface area contributed by atoms with Crippen LogP contribution in [0.1, 0.15) is 10.4 Å². The number of benzene rings is 3. The van der Waals surface area contributed by atoms with Crippen molar-refractivity contribution in [2.24, 2.45) is 0 Å². The molecule has 0 aliphatic rings. The summed E-state index contributed by atoms with van der Waals surface area (Å²) in [5.41, 5.74) is 4.14. The number of hydrogen-bond donors (Lipinski definition) is 1. The van der Waals surface area contributed by atoms with Crippen LogP contribution in [0, 0.1) is 0 Å². The van der Waals surface area contributed by atoms with Crippen molar-refractivity contribution in [3.8, 4) is 33.8 Å². The topological polar surface area (TPSA) is 48.6 Å². The number of rotatable bonds is 4. The van der Waals surface area contributed by atoms with Crippen LogP contribution in [0.15, 0.2) is 101 Å². The Hall–Kier alpha value is -2.99. The first-order chi connectivity index (χ1) is 13.2. The number of carbonyl (C=O) groups is 1. The van der Waals surface area contributed by atoms with Gasteiger partial charge in [-0.15, -0.1) is 0 Å². The Morgan fingerprint density at radius 1 is 0.607 bits per heavy atom. The van der Waals surface area contributed by atoms with E-state index in [2.05, 4.69) is 0 Å². The largest absolute Gasteiger partial charge is 1.00 e. The zero-order valence-corrected chi connectivity index (χ0v) is 17.0. The zero-order valence-electron chi connectivity index (χ0n) is 14.9. The molecular weight excluding hydrogens is 463 g/mol. The monoisotopic (exact) mass is 480 g/mol. The summed E-state index contributed by atoms with van der Waals surface area (Å²) >= 11 is 0. The molecule has 4 aromatic rings. The van der Waals surface area contributed by atoms with Gasteiger partial charge < -0.3 is 29.1 Å². The van der Waals surface area contributed by atoms with E-state index >= 15 is 0 Å². The molecule has 0 saturated heterocycles. The van der Waals surface area contributed by atoms with Gasteiger partial charge in [-0.25, -0.2) is 9.21 Å². The highest BCUT2D eigenvalue weighted by atomic mass is 127. The molecule has 1 heterocycles. The molecule has 1 aromatic heterocycles. The second-order valence-electron chi connectivity index (χ2n) is 6.19. The summed E-state index contributed by atoms with van der Waals surface area (Å²) < 4.78 is 6.18. The molecule has 0 fully saturated rings. The Bertz CT molecular complexity index is 1020. The first-order valence-corrected chi connectivity index (χ1v) is 8.63. The summed E-state index contributed by atoms with van der Waals surface area (Å²) in [7, 11) is 0. The first-order valence-electron chi connectivity index (χ1n) is 8.63. The molecule has 0 bridgehead atoms. The summed E-state index contributed by atoms with van der Waals surface area (Å²) in [6.07, 6.45) is 0. The van der Waals surface area contributed by atoms with Gasteiger partial charge in [0.2, 0.25) is 0 Å². The van der Waals surface area contributed by atoms with Crippen LogP contribution < -0.4 is 24.0 Å². The Morgan fingerprint density at radius 2 is 1.07 bits per heavy atom. The van der Waals surface area contributed by atoms with E-state index in [1.54, 1.807) is 12.1 Å². The van der Waals surface area contributed by atoms with Crippen molar-refractivity contribution < 1.29 is 38.3 Å². The number of hydrogen-bond acceptors (Lipinski definition) is 1. The molecule has 0 radical (unpaired) electrons. The zero-order chi connectivity index (χ0) is 18.6. The van der Waals surface area contributed by atoms with Crippen LogP contribution in [0.4, 0.5) is 0 Å². The lowest BCUT2D eigenvalue weighted by molar-refractivity contribution is -0.0000212. The Morgan fingerprint density at radius 3 is 1.50 bits per heavy atom. The van der Waals surface area contributed by atoms with E-state index in [0.717, 1.165) is 33.8 Å². The molecule has 3 aromatic carbocycles. The van der Waals surface area contributed by atoms with E-state index < -0.39 is 5.97 Å². The molecule has 1 N–H and O–H groups in total. The minimum absolute atomic E-state index is 0. The maximum absolute atomic E-state index is 11.1. The third-order valence-electron chi connectivity index (χ3n) is 4.37. The predicted molar refractivity (Wildman–Crippen MR) is 106 cm³/mol. The van der Waals surface area contributed by atoms with Crippen LogP contribution in [0.2, 0.25) is 0 Å². The van der Waals surface area contributed by atoms with Crippen molar-refractivity contribution in [1.29, 1.82) is 0 Å². The molecule has 4 heteroatoms. The molecule has 28 heavy (non-hydrogen) atoms. The SMILES string of the molecule is O=C(O)c1ccc(-c2cc(-c3ccccc3)[o+]c(-c3ccccc3)c2)cc1.[I-]. The fourth-order valence-electron chi connectivity index (χ4n) is 2.96. The van der Waals surface area contributed by atoms with Gasteiger partial charge in [-0.3, -0.25) is 0 Å². The van der Waals surface area contributed by atoms with Crippen LogP contribution in [-0.4, -0.2) is 11.1 Å². The molecular formula is C24H17IO3. The standard InChI is InChI=1S/C24H16O3.HI/c25-24(26)20-13-11-17(12-14-20)21-15-22(18-7-3-1-4-8-18)27-23(16-21)19-9-5-2-6-10-19;/h1-16H;1H. The number of carboxylic acid groups (broad SMARTS) is 1. The maximum atomic E-state index is 11.1. The smallest absolute Gasteiger partial charge is 0.361 e. The minimum Gasteiger partial charge on any atom is -1.00 e. The molecule has 0 atom stereocenters. The summed E-state index contributed by atoms with van der Waals surface area (Å²) in [4.78, 5) is 11.1. The number of carboxylic acids is 1. The molecule has 4 rings (SSSR count). The van der Waals surface area contributed by atoms with Crippen LogP contribution in [0.3, 0.4) is 0 Å². The predicted octanol–water partition coefficient (Wildman–Crippen LogP) is 3.26. The fraction of sp³-hybridized carbons (Fsp3) is 0. The van der Waals surface area contributed by atoms with Crippen molar-refractivity contribution in [2.75, 3.05) is 0 Å². The Kier molecular flexibility index (Phi) is 6.21. The van der Waals surface area contributed by atoms with Crippen molar-refractivity contribution >= 4 is 5.97 Å². The first kappa shape index (κ1) is 19.8. The van der Waals surface area contributed by atoms with Gasteiger partial charge in [0.1, 0.15) is 0 Å². The normalized spacial score (nSPS) is 10.1. The van der Waals surface area contributed by atoms with Crippen molar-refractivity contribution in [3.63, 3.8) is 0 Å². The summed E-state index contributed by atoms with van der Waals surface area (Å²) in [5, 5.41) is 9.12. The van der Waals surface area contributed by atoms with Gasteiger partial charge in [-0.2, -0.15) is 0 Å². The van der Waals surface area contributed by atoms with E-state index in [1.165, 1.54) is 0 Å². The van der Waals surface area contributed by atoms with Crippen molar-refractivity contribution in [2.45, 2.75) is 0 Å².